The zero-order valence-corrected chi connectivity index (χ0v) is 20.2. The van der Waals surface area contributed by atoms with Crippen molar-refractivity contribution in [2.24, 2.45) is 0 Å². The molecule has 3 aromatic carbocycles. The summed E-state index contributed by atoms with van der Waals surface area (Å²) in [7, 11) is -4.64. The number of carbonyl (C=O) groups excluding carboxylic acids is 1. The Morgan fingerprint density at radius 1 is 0.794 bits per heavy atom. The van der Waals surface area contributed by atoms with E-state index in [-0.39, 0.29) is 27.6 Å². The molecule has 34 heavy (non-hydrogen) atoms. The van der Waals surface area contributed by atoms with E-state index < -0.39 is 26.0 Å². The Labute approximate surface area is 198 Å². The molecule has 10 nitrogen and oxygen atoms in total. The van der Waals surface area contributed by atoms with Crippen LogP contribution in [0, 0.1) is 0 Å². The van der Waals surface area contributed by atoms with Crippen molar-refractivity contribution in [2.75, 3.05) is 35.2 Å². The van der Waals surface area contributed by atoms with Crippen molar-refractivity contribution in [3.63, 3.8) is 0 Å². The fourth-order valence-electron chi connectivity index (χ4n) is 2.97. The lowest BCUT2D eigenvalue weighted by Gasteiger charge is -2.14. The highest BCUT2D eigenvalue weighted by molar-refractivity contribution is 7.92. The minimum absolute atomic E-state index is 0.0393. The monoisotopic (exact) mass is 505 g/mol. The molecule has 3 rings (SSSR count). The Kier molecular flexibility index (Phi) is 7.32. The maximum atomic E-state index is 12.8. The van der Waals surface area contributed by atoms with Gasteiger partial charge in [-0.3, -0.25) is 14.2 Å². The van der Waals surface area contributed by atoms with Crippen molar-refractivity contribution >= 4 is 43.0 Å². The molecule has 0 aliphatic rings. The van der Waals surface area contributed by atoms with E-state index in [1.165, 1.54) is 56.7 Å². The largest absolute Gasteiger partial charge is 0.497 e. The summed E-state index contributed by atoms with van der Waals surface area (Å²) in [6, 6.07) is 16.3. The summed E-state index contributed by atoms with van der Waals surface area (Å²) in [5, 5.41) is 2.62. The van der Waals surface area contributed by atoms with Crippen LogP contribution in [0.4, 0.5) is 17.1 Å². The van der Waals surface area contributed by atoms with E-state index in [1.807, 2.05) is 0 Å². The van der Waals surface area contributed by atoms with Crippen LogP contribution in [0.3, 0.4) is 0 Å². The van der Waals surface area contributed by atoms with Crippen molar-refractivity contribution < 1.29 is 31.1 Å². The van der Waals surface area contributed by atoms with E-state index in [4.69, 9.17) is 9.47 Å². The molecule has 0 saturated carbocycles. The van der Waals surface area contributed by atoms with Gasteiger partial charge in [0.05, 0.1) is 42.3 Å². The van der Waals surface area contributed by atoms with Gasteiger partial charge in [0.1, 0.15) is 11.5 Å². The molecule has 12 heteroatoms. The first-order valence-electron chi connectivity index (χ1n) is 9.75. The summed E-state index contributed by atoms with van der Waals surface area (Å²) >= 11 is 0. The zero-order valence-electron chi connectivity index (χ0n) is 18.5. The van der Waals surface area contributed by atoms with Crippen LogP contribution in [0.15, 0.2) is 71.6 Å². The number of carbonyl (C=O) groups is 1. The predicted octanol–water partition coefficient (Wildman–Crippen LogP) is 3.13. The Balaban J connectivity index is 1.77. The molecule has 0 heterocycles. The van der Waals surface area contributed by atoms with Gasteiger partial charge in [0.2, 0.25) is 10.0 Å². The minimum atomic E-state index is -3.95. The molecule has 0 bridgehead atoms. The Morgan fingerprint density at radius 3 is 2.09 bits per heavy atom. The number of hydrogen-bond acceptors (Lipinski definition) is 7. The third kappa shape index (κ3) is 6.17. The zero-order chi connectivity index (χ0) is 24.9. The fraction of sp³-hybridized carbons (Fsp3) is 0.136. The van der Waals surface area contributed by atoms with Crippen molar-refractivity contribution in [2.45, 2.75) is 4.90 Å². The lowest BCUT2D eigenvalue weighted by atomic mass is 10.1. The topological polar surface area (TPSA) is 140 Å². The van der Waals surface area contributed by atoms with Gasteiger partial charge in [0.25, 0.3) is 15.9 Å². The van der Waals surface area contributed by atoms with Crippen LogP contribution in [-0.2, 0) is 20.0 Å². The highest BCUT2D eigenvalue weighted by Crippen LogP contribution is 2.31. The second-order valence-corrected chi connectivity index (χ2v) is 10.5. The predicted molar refractivity (Wildman–Crippen MR) is 130 cm³/mol. The minimum Gasteiger partial charge on any atom is -0.497 e. The van der Waals surface area contributed by atoms with E-state index in [0.29, 0.717) is 11.4 Å². The smallest absolute Gasteiger partial charge is 0.262 e. The van der Waals surface area contributed by atoms with Gasteiger partial charge < -0.3 is 14.8 Å². The molecular weight excluding hydrogens is 482 g/mol. The Bertz CT molecular complexity index is 1400. The van der Waals surface area contributed by atoms with Crippen LogP contribution in [0.25, 0.3) is 0 Å². The molecule has 0 spiro atoms. The summed E-state index contributed by atoms with van der Waals surface area (Å²) in [5.41, 5.74) is 0.785. The molecule has 0 aliphatic carbocycles. The Morgan fingerprint density at radius 2 is 1.47 bits per heavy atom. The van der Waals surface area contributed by atoms with Crippen molar-refractivity contribution in [3.05, 3.63) is 72.3 Å². The van der Waals surface area contributed by atoms with E-state index in [1.54, 1.807) is 24.3 Å². The maximum Gasteiger partial charge on any atom is 0.262 e. The van der Waals surface area contributed by atoms with Crippen LogP contribution >= 0.6 is 0 Å². The molecule has 0 aromatic heterocycles. The first-order valence-corrected chi connectivity index (χ1v) is 13.1. The third-order valence-electron chi connectivity index (χ3n) is 4.54. The first-order chi connectivity index (χ1) is 16.0. The van der Waals surface area contributed by atoms with Crippen LogP contribution in [0.1, 0.15) is 10.4 Å². The van der Waals surface area contributed by atoms with Crippen molar-refractivity contribution in [1.82, 2.24) is 0 Å². The lowest BCUT2D eigenvalue weighted by Crippen LogP contribution is -2.17. The first kappa shape index (κ1) is 24.9. The summed E-state index contributed by atoms with van der Waals surface area (Å²) in [5.74, 6) is 0.227. The number of sulfonamides is 2. The second-order valence-electron chi connectivity index (χ2n) is 7.07. The molecule has 0 fully saturated rings. The van der Waals surface area contributed by atoms with Gasteiger partial charge in [-0.25, -0.2) is 16.8 Å². The van der Waals surface area contributed by atoms with E-state index in [0.717, 1.165) is 6.26 Å². The molecule has 180 valence electrons. The van der Waals surface area contributed by atoms with Crippen LogP contribution in [0.2, 0.25) is 0 Å². The van der Waals surface area contributed by atoms with Gasteiger partial charge in [0, 0.05) is 11.8 Å². The van der Waals surface area contributed by atoms with E-state index in [9.17, 15) is 21.6 Å². The average Bonchev–Trinajstić information content (AvgIpc) is 2.78. The second kappa shape index (κ2) is 10.0. The number of hydrogen-bond donors (Lipinski definition) is 3. The number of ether oxygens (including phenoxy) is 2. The van der Waals surface area contributed by atoms with E-state index >= 15 is 0 Å². The number of nitrogens with one attached hydrogen (secondary N) is 3. The molecule has 3 aromatic rings. The number of amides is 1. The van der Waals surface area contributed by atoms with Gasteiger partial charge in [-0.1, -0.05) is 12.1 Å². The number of methoxy groups -OCH3 is 2. The fourth-order valence-corrected chi connectivity index (χ4v) is 4.62. The standard InChI is InChI=1S/C22H23N3O7S2/c1-31-16-10-13-20(21(14-16)32-2)25-34(29,30)17-11-8-15(9-12-17)23-22(26)18-6-4-5-7-19(18)24-33(3,27)28/h4-14,24-25H,1-3H3,(H,23,26). The highest BCUT2D eigenvalue weighted by atomic mass is 32.2. The number of rotatable bonds is 9. The van der Waals surface area contributed by atoms with Gasteiger partial charge in [-0.05, 0) is 48.5 Å². The van der Waals surface area contributed by atoms with Crippen LogP contribution in [-0.4, -0.2) is 43.2 Å². The van der Waals surface area contributed by atoms with Gasteiger partial charge >= 0.3 is 0 Å². The highest BCUT2D eigenvalue weighted by Gasteiger charge is 2.18. The summed E-state index contributed by atoms with van der Waals surface area (Å²) in [6.45, 7) is 0. The van der Waals surface area contributed by atoms with E-state index in [2.05, 4.69) is 14.8 Å². The van der Waals surface area contributed by atoms with Crippen molar-refractivity contribution in [3.8, 4) is 11.5 Å². The normalized spacial score (nSPS) is 11.4. The van der Waals surface area contributed by atoms with Gasteiger partial charge in [-0.15, -0.1) is 0 Å². The number of anilines is 3. The molecule has 1 amide bonds. The molecule has 0 radical (unpaired) electrons. The summed E-state index contributed by atoms with van der Waals surface area (Å²) in [4.78, 5) is 12.6. The molecule has 0 aliphatic heterocycles. The molecule has 3 N–H and O–H groups in total. The average molecular weight is 506 g/mol. The lowest BCUT2D eigenvalue weighted by molar-refractivity contribution is 0.102. The van der Waals surface area contributed by atoms with Crippen LogP contribution in [0.5, 0.6) is 11.5 Å². The molecule has 0 atom stereocenters. The quantitative estimate of drug-likeness (QED) is 0.406. The van der Waals surface area contributed by atoms with Gasteiger partial charge in [0.15, 0.2) is 0 Å². The SMILES string of the molecule is COc1ccc(NS(=O)(=O)c2ccc(NC(=O)c3ccccc3NS(C)(=O)=O)cc2)c(OC)c1. The third-order valence-corrected chi connectivity index (χ3v) is 6.51. The summed E-state index contributed by atoms with van der Waals surface area (Å²) < 4.78 is 63.8. The molecule has 0 saturated heterocycles. The van der Waals surface area contributed by atoms with Crippen molar-refractivity contribution in [1.29, 1.82) is 0 Å². The molecular formula is C22H23N3O7S2. The Hall–Kier alpha value is -3.77. The number of benzene rings is 3. The number of para-hydroxylation sites is 1. The molecule has 0 unspecified atom stereocenters. The van der Waals surface area contributed by atoms with Gasteiger partial charge in [-0.2, -0.15) is 0 Å². The summed E-state index contributed by atoms with van der Waals surface area (Å²) in [6.07, 6.45) is 0.983. The maximum absolute atomic E-state index is 12.8. The van der Waals surface area contributed by atoms with Crippen LogP contribution < -0.4 is 24.2 Å².